The first kappa shape index (κ1) is 15.8. The molecule has 0 amide bonds. The Balaban J connectivity index is 2.10. The predicted molar refractivity (Wildman–Crippen MR) is 83.9 cm³/mol. The van der Waals surface area contributed by atoms with Crippen LogP contribution < -0.4 is 15.4 Å². The van der Waals surface area contributed by atoms with Gasteiger partial charge in [0.25, 0.3) is 0 Å². The Hall–Kier alpha value is -1.63. The van der Waals surface area contributed by atoms with Gasteiger partial charge in [0.1, 0.15) is 0 Å². The third kappa shape index (κ3) is 5.00. The summed E-state index contributed by atoms with van der Waals surface area (Å²) in [6.45, 7) is 8.84. The number of hydrogen-bond acceptors (Lipinski definition) is 7. The molecule has 0 saturated carbocycles. The van der Waals surface area contributed by atoms with Crippen LogP contribution in [0.2, 0.25) is 0 Å². The number of nitrogens with zero attached hydrogens (tertiary/aromatic N) is 4. The quantitative estimate of drug-likeness (QED) is 0.825. The highest BCUT2D eigenvalue weighted by atomic mass is 16.5. The zero-order valence-electron chi connectivity index (χ0n) is 13.4. The molecule has 0 bridgehead atoms. The van der Waals surface area contributed by atoms with Gasteiger partial charge in [0.05, 0.1) is 6.10 Å². The Kier molecular flexibility index (Phi) is 5.55. The van der Waals surface area contributed by atoms with Crippen LogP contribution >= 0.6 is 0 Å². The number of nitrogens with one attached hydrogen (secondary N) is 2. The van der Waals surface area contributed by atoms with Gasteiger partial charge in [-0.2, -0.15) is 15.0 Å². The lowest BCUT2D eigenvalue weighted by molar-refractivity contribution is 0.222. The molecule has 2 heterocycles. The topological polar surface area (TPSA) is 75.2 Å². The Bertz CT molecular complexity index is 453. The Labute approximate surface area is 126 Å². The average molecular weight is 294 g/mol. The maximum Gasteiger partial charge on any atom is 0.323 e. The van der Waals surface area contributed by atoms with E-state index in [1.54, 1.807) is 0 Å². The largest absolute Gasteiger partial charge is 0.461 e. The van der Waals surface area contributed by atoms with Crippen LogP contribution in [-0.2, 0) is 0 Å². The molecule has 1 aromatic rings. The zero-order valence-corrected chi connectivity index (χ0v) is 13.4. The molecule has 0 aliphatic carbocycles. The summed E-state index contributed by atoms with van der Waals surface area (Å²) in [5.74, 6) is 1.13. The summed E-state index contributed by atoms with van der Waals surface area (Å²) < 4.78 is 5.60. The van der Waals surface area contributed by atoms with Crippen LogP contribution in [-0.4, -0.2) is 58.7 Å². The van der Waals surface area contributed by atoms with E-state index in [-0.39, 0.29) is 6.10 Å². The number of hydrogen-bond donors (Lipinski definition) is 2. The molecular weight excluding hydrogens is 268 g/mol. The lowest BCUT2D eigenvalue weighted by atomic mass is 10.1. The van der Waals surface area contributed by atoms with E-state index in [2.05, 4.69) is 37.5 Å². The standard InChI is InChI=1S/C14H26N6O/c1-5-15-12-17-13(19-14(18-12)21-10(2)3)16-11-7-6-8-20(4)9-11/h10-11H,5-9H2,1-4H3,(H2,15,16,17,18,19). The van der Waals surface area contributed by atoms with Crippen molar-refractivity contribution in [2.24, 2.45) is 0 Å². The Morgan fingerprint density at radius 1 is 1.29 bits per heavy atom. The second kappa shape index (κ2) is 7.40. The maximum absolute atomic E-state index is 5.60. The minimum Gasteiger partial charge on any atom is -0.461 e. The summed E-state index contributed by atoms with van der Waals surface area (Å²) in [7, 11) is 2.14. The van der Waals surface area contributed by atoms with Gasteiger partial charge in [-0.3, -0.25) is 0 Å². The first-order valence-corrected chi connectivity index (χ1v) is 7.68. The number of likely N-dealkylation sites (tertiary alicyclic amines) is 1. The second-order valence-corrected chi connectivity index (χ2v) is 5.71. The molecule has 1 aliphatic rings. The van der Waals surface area contributed by atoms with Gasteiger partial charge < -0.3 is 20.3 Å². The van der Waals surface area contributed by atoms with Gasteiger partial charge in [-0.15, -0.1) is 0 Å². The fourth-order valence-corrected chi connectivity index (χ4v) is 2.39. The highest BCUT2D eigenvalue weighted by molar-refractivity contribution is 5.36. The van der Waals surface area contributed by atoms with Crippen molar-refractivity contribution in [3.05, 3.63) is 0 Å². The highest BCUT2D eigenvalue weighted by Crippen LogP contribution is 2.16. The van der Waals surface area contributed by atoms with E-state index in [1.807, 2.05) is 20.8 Å². The number of likely N-dealkylation sites (N-methyl/N-ethyl adjacent to an activating group) is 1. The van der Waals surface area contributed by atoms with Crippen LogP contribution in [0.25, 0.3) is 0 Å². The summed E-state index contributed by atoms with van der Waals surface area (Å²) >= 11 is 0. The minimum absolute atomic E-state index is 0.0375. The average Bonchev–Trinajstić information content (AvgIpc) is 2.37. The van der Waals surface area contributed by atoms with E-state index >= 15 is 0 Å². The lowest BCUT2D eigenvalue weighted by Crippen LogP contribution is -2.40. The van der Waals surface area contributed by atoms with Crippen molar-refractivity contribution < 1.29 is 4.74 Å². The van der Waals surface area contributed by atoms with Crippen molar-refractivity contribution in [1.29, 1.82) is 0 Å². The molecule has 7 heteroatoms. The van der Waals surface area contributed by atoms with Gasteiger partial charge in [-0.1, -0.05) is 0 Å². The normalized spacial score (nSPS) is 19.6. The first-order valence-electron chi connectivity index (χ1n) is 7.68. The number of aromatic nitrogens is 3. The fourth-order valence-electron chi connectivity index (χ4n) is 2.39. The van der Waals surface area contributed by atoms with Crippen molar-refractivity contribution in [3.8, 4) is 6.01 Å². The van der Waals surface area contributed by atoms with Gasteiger partial charge in [0, 0.05) is 19.1 Å². The number of rotatable bonds is 6. The van der Waals surface area contributed by atoms with Crippen LogP contribution in [0.3, 0.4) is 0 Å². The number of ether oxygens (including phenoxy) is 1. The summed E-state index contributed by atoms with van der Waals surface area (Å²) in [5, 5.41) is 6.51. The number of anilines is 2. The van der Waals surface area contributed by atoms with Crippen molar-refractivity contribution in [3.63, 3.8) is 0 Å². The molecule has 0 aromatic carbocycles. The monoisotopic (exact) mass is 294 g/mol. The van der Waals surface area contributed by atoms with Crippen LogP contribution in [0.4, 0.5) is 11.9 Å². The maximum atomic E-state index is 5.60. The van der Waals surface area contributed by atoms with Crippen LogP contribution in [0.15, 0.2) is 0 Å². The number of piperidine rings is 1. The molecule has 2 rings (SSSR count). The molecule has 0 spiro atoms. The first-order chi connectivity index (χ1) is 10.1. The third-order valence-corrected chi connectivity index (χ3v) is 3.25. The van der Waals surface area contributed by atoms with Crippen molar-refractivity contribution in [2.45, 2.75) is 45.8 Å². The SMILES string of the molecule is CCNc1nc(NC2CCCN(C)C2)nc(OC(C)C)n1. The van der Waals surface area contributed by atoms with E-state index in [0.29, 0.717) is 23.9 Å². The Morgan fingerprint density at radius 2 is 2.05 bits per heavy atom. The van der Waals surface area contributed by atoms with Crippen LogP contribution in [0.1, 0.15) is 33.6 Å². The van der Waals surface area contributed by atoms with E-state index in [1.165, 1.54) is 6.42 Å². The summed E-state index contributed by atoms with van der Waals surface area (Å²) in [6.07, 6.45) is 2.36. The van der Waals surface area contributed by atoms with Gasteiger partial charge in [-0.25, -0.2) is 0 Å². The van der Waals surface area contributed by atoms with Gasteiger partial charge in [0.2, 0.25) is 11.9 Å². The van der Waals surface area contributed by atoms with E-state index in [9.17, 15) is 0 Å². The Morgan fingerprint density at radius 3 is 2.71 bits per heavy atom. The third-order valence-electron chi connectivity index (χ3n) is 3.25. The van der Waals surface area contributed by atoms with Gasteiger partial charge in [-0.05, 0) is 47.2 Å². The molecule has 1 unspecified atom stereocenters. The highest BCUT2D eigenvalue weighted by Gasteiger charge is 2.19. The van der Waals surface area contributed by atoms with Crippen molar-refractivity contribution >= 4 is 11.9 Å². The zero-order chi connectivity index (χ0) is 15.2. The van der Waals surface area contributed by atoms with Gasteiger partial charge >= 0.3 is 6.01 Å². The van der Waals surface area contributed by atoms with E-state index < -0.39 is 0 Å². The van der Waals surface area contributed by atoms with Crippen molar-refractivity contribution in [1.82, 2.24) is 19.9 Å². The second-order valence-electron chi connectivity index (χ2n) is 5.71. The molecule has 2 N–H and O–H groups in total. The molecule has 0 radical (unpaired) electrons. The van der Waals surface area contributed by atoms with Crippen LogP contribution in [0.5, 0.6) is 6.01 Å². The van der Waals surface area contributed by atoms with E-state index in [4.69, 9.17) is 4.74 Å². The van der Waals surface area contributed by atoms with Crippen LogP contribution in [0, 0.1) is 0 Å². The predicted octanol–water partition coefficient (Wildman–Crippen LogP) is 1.60. The smallest absolute Gasteiger partial charge is 0.323 e. The molecule has 7 nitrogen and oxygen atoms in total. The fraction of sp³-hybridized carbons (Fsp3) is 0.786. The molecule has 21 heavy (non-hydrogen) atoms. The summed E-state index contributed by atoms with van der Waals surface area (Å²) in [5.41, 5.74) is 0. The minimum atomic E-state index is 0.0375. The van der Waals surface area contributed by atoms with Gasteiger partial charge in [0.15, 0.2) is 0 Å². The molecule has 1 atom stereocenters. The molecular formula is C14H26N6O. The van der Waals surface area contributed by atoms with E-state index in [0.717, 1.165) is 26.1 Å². The summed E-state index contributed by atoms with van der Waals surface area (Å²) in [6, 6.07) is 0.732. The molecule has 1 aromatic heterocycles. The molecule has 118 valence electrons. The summed E-state index contributed by atoms with van der Waals surface area (Å²) in [4.78, 5) is 15.4. The van der Waals surface area contributed by atoms with Crippen molar-refractivity contribution in [2.75, 3.05) is 37.3 Å². The molecule has 1 fully saturated rings. The molecule has 1 aliphatic heterocycles. The lowest BCUT2D eigenvalue weighted by Gasteiger charge is -2.30. The molecule has 1 saturated heterocycles.